The summed E-state index contributed by atoms with van der Waals surface area (Å²) in [5.41, 5.74) is -0.142. The summed E-state index contributed by atoms with van der Waals surface area (Å²) < 4.78 is 28.6. The second kappa shape index (κ2) is 9.02. The molecule has 3 atom stereocenters. The molecule has 0 aromatic heterocycles. The summed E-state index contributed by atoms with van der Waals surface area (Å²) in [6, 6.07) is 0.339. The number of nitrogens with one attached hydrogen (secondary N) is 2. The molecule has 8 heteroatoms. The van der Waals surface area contributed by atoms with Gasteiger partial charge in [0.2, 0.25) is 0 Å². The lowest BCUT2D eigenvalue weighted by Crippen LogP contribution is -2.47. The van der Waals surface area contributed by atoms with Crippen LogP contribution in [0.5, 0.6) is 0 Å². The maximum atomic E-state index is 11.3. The predicted octanol–water partition coefficient (Wildman–Crippen LogP) is 1.94. The normalized spacial score (nSPS) is 27.0. The molecular formula is C16H32IN3O3S. The third-order valence-corrected chi connectivity index (χ3v) is 5.53. The van der Waals surface area contributed by atoms with Crippen molar-refractivity contribution in [3.05, 3.63) is 0 Å². The monoisotopic (exact) mass is 473 g/mol. The summed E-state index contributed by atoms with van der Waals surface area (Å²) in [7, 11) is -2.93. The minimum Gasteiger partial charge on any atom is -0.373 e. The first-order valence-electron chi connectivity index (χ1n) is 8.56. The van der Waals surface area contributed by atoms with Gasteiger partial charge < -0.3 is 15.4 Å². The SMILES string of the molecule is CCNC(=NCC(C)(C)CCS(C)(=O)=O)NC1CC2CCC1O2.I. The molecule has 0 aliphatic carbocycles. The number of nitrogens with zero attached hydrogens (tertiary/aromatic N) is 1. The van der Waals surface area contributed by atoms with Crippen LogP contribution in [0.2, 0.25) is 0 Å². The first-order valence-corrected chi connectivity index (χ1v) is 10.6. The first-order chi connectivity index (χ1) is 10.7. The lowest BCUT2D eigenvalue weighted by atomic mass is 9.90. The van der Waals surface area contributed by atoms with Crippen LogP contribution < -0.4 is 10.6 Å². The van der Waals surface area contributed by atoms with Crippen LogP contribution in [0.1, 0.15) is 46.5 Å². The van der Waals surface area contributed by atoms with Crippen molar-refractivity contribution in [3.63, 3.8) is 0 Å². The Morgan fingerprint density at radius 3 is 2.54 bits per heavy atom. The number of ether oxygens (including phenoxy) is 1. The van der Waals surface area contributed by atoms with Crippen molar-refractivity contribution >= 4 is 39.8 Å². The Kier molecular flexibility index (Phi) is 8.25. The number of aliphatic imine (C=N–C) groups is 1. The van der Waals surface area contributed by atoms with Crippen molar-refractivity contribution in [3.8, 4) is 0 Å². The van der Waals surface area contributed by atoms with E-state index in [4.69, 9.17) is 4.74 Å². The standard InChI is InChI=1S/C16H31N3O3S.HI/c1-5-17-15(19-13-10-12-6-7-14(13)22-12)18-11-16(2,3)8-9-23(4,20)21;/h12-14H,5-11H2,1-4H3,(H2,17,18,19);1H. The average molecular weight is 473 g/mol. The van der Waals surface area contributed by atoms with Gasteiger partial charge in [0.05, 0.1) is 24.0 Å². The van der Waals surface area contributed by atoms with Gasteiger partial charge in [-0.3, -0.25) is 4.99 Å². The largest absolute Gasteiger partial charge is 0.373 e. The zero-order valence-corrected chi connectivity index (χ0v) is 18.3. The molecule has 2 rings (SSSR count). The zero-order chi connectivity index (χ0) is 17.1. The summed E-state index contributed by atoms with van der Waals surface area (Å²) in [5, 5.41) is 6.77. The number of guanidine groups is 1. The minimum atomic E-state index is -2.93. The third kappa shape index (κ3) is 7.03. The molecule has 2 N–H and O–H groups in total. The van der Waals surface area contributed by atoms with E-state index in [-0.39, 0.29) is 35.1 Å². The second-order valence-corrected chi connectivity index (χ2v) is 9.86. The van der Waals surface area contributed by atoms with Gasteiger partial charge in [-0.25, -0.2) is 8.42 Å². The maximum Gasteiger partial charge on any atom is 0.191 e. The van der Waals surface area contributed by atoms with Gasteiger partial charge in [0, 0.05) is 19.3 Å². The van der Waals surface area contributed by atoms with Crippen molar-refractivity contribution in [1.82, 2.24) is 10.6 Å². The highest BCUT2D eigenvalue weighted by molar-refractivity contribution is 14.0. The molecular weight excluding hydrogens is 441 g/mol. The molecule has 24 heavy (non-hydrogen) atoms. The molecule has 142 valence electrons. The van der Waals surface area contributed by atoms with E-state index in [0.29, 0.717) is 31.2 Å². The van der Waals surface area contributed by atoms with Crippen LogP contribution in [0.25, 0.3) is 0 Å². The van der Waals surface area contributed by atoms with Crippen molar-refractivity contribution in [1.29, 1.82) is 0 Å². The quantitative estimate of drug-likeness (QED) is 0.336. The van der Waals surface area contributed by atoms with E-state index in [1.807, 2.05) is 6.92 Å². The van der Waals surface area contributed by atoms with Crippen LogP contribution in [0.15, 0.2) is 4.99 Å². The first kappa shape index (κ1) is 22.0. The van der Waals surface area contributed by atoms with Gasteiger partial charge in [0.15, 0.2) is 5.96 Å². The molecule has 2 heterocycles. The van der Waals surface area contributed by atoms with Gasteiger partial charge in [-0.15, -0.1) is 24.0 Å². The molecule has 0 saturated carbocycles. The topological polar surface area (TPSA) is 79.8 Å². The van der Waals surface area contributed by atoms with Gasteiger partial charge in [0.1, 0.15) is 9.84 Å². The van der Waals surface area contributed by atoms with Gasteiger partial charge in [0.25, 0.3) is 0 Å². The Labute approximate surface area is 163 Å². The van der Waals surface area contributed by atoms with Gasteiger partial charge in [-0.2, -0.15) is 0 Å². The zero-order valence-electron chi connectivity index (χ0n) is 15.2. The molecule has 0 aromatic carbocycles. The third-order valence-electron chi connectivity index (χ3n) is 4.59. The number of fused-ring (bicyclic) bond motifs is 2. The lowest BCUT2D eigenvalue weighted by Gasteiger charge is -2.25. The molecule has 0 radical (unpaired) electrons. The van der Waals surface area contributed by atoms with E-state index in [1.165, 1.54) is 12.7 Å². The van der Waals surface area contributed by atoms with E-state index < -0.39 is 9.84 Å². The van der Waals surface area contributed by atoms with E-state index in [0.717, 1.165) is 25.3 Å². The van der Waals surface area contributed by atoms with E-state index >= 15 is 0 Å². The van der Waals surface area contributed by atoms with E-state index in [9.17, 15) is 8.42 Å². The molecule has 6 nitrogen and oxygen atoms in total. The molecule has 0 spiro atoms. The van der Waals surface area contributed by atoms with Gasteiger partial charge >= 0.3 is 0 Å². The lowest BCUT2D eigenvalue weighted by molar-refractivity contribution is 0.0992. The smallest absolute Gasteiger partial charge is 0.191 e. The number of sulfone groups is 1. The van der Waals surface area contributed by atoms with Crippen molar-refractivity contribution in [2.75, 3.05) is 25.1 Å². The summed E-state index contributed by atoms with van der Waals surface area (Å²) in [6.07, 6.45) is 5.97. The van der Waals surface area contributed by atoms with Crippen LogP contribution in [-0.4, -0.2) is 57.7 Å². The summed E-state index contributed by atoms with van der Waals surface area (Å²) in [5.74, 6) is 1.01. The van der Waals surface area contributed by atoms with E-state index in [1.54, 1.807) is 0 Å². The Balaban J connectivity index is 0.00000288. The fourth-order valence-electron chi connectivity index (χ4n) is 3.12. The van der Waals surface area contributed by atoms with Crippen LogP contribution >= 0.6 is 24.0 Å². The Hall–Kier alpha value is -0.0900. The van der Waals surface area contributed by atoms with Gasteiger partial charge in [-0.1, -0.05) is 13.8 Å². The molecule has 0 aromatic rings. The summed E-state index contributed by atoms with van der Waals surface area (Å²) in [6.45, 7) is 7.57. The highest BCUT2D eigenvalue weighted by atomic mass is 127. The molecule has 3 unspecified atom stereocenters. The Morgan fingerprint density at radius 2 is 2.04 bits per heavy atom. The maximum absolute atomic E-state index is 11.3. The highest BCUT2D eigenvalue weighted by Crippen LogP contribution is 2.34. The highest BCUT2D eigenvalue weighted by Gasteiger charge is 2.41. The Bertz CT molecular complexity index is 537. The molecule has 2 aliphatic heterocycles. The predicted molar refractivity (Wildman–Crippen MR) is 109 cm³/mol. The number of hydrogen-bond donors (Lipinski definition) is 2. The molecule has 2 bridgehead atoms. The van der Waals surface area contributed by atoms with Crippen molar-refractivity contribution in [2.45, 2.75) is 64.7 Å². The van der Waals surface area contributed by atoms with Crippen LogP contribution in [0.3, 0.4) is 0 Å². The van der Waals surface area contributed by atoms with Crippen LogP contribution in [0.4, 0.5) is 0 Å². The van der Waals surface area contributed by atoms with Crippen molar-refractivity contribution in [2.24, 2.45) is 10.4 Å². The average Bonchev–Trinajstić information content (AvgIpc) is 3.05. The minimum absolute atomic E-state index is 0. The van der Waals surface area contributed by atoms with Crippen molar-refractivity contribution < 1.29 is 13.2 Å². The fourth-order valence-corrected chi connectivity index (χ4v) is 4.04. The number of hydrogen-bond acceptors (Lipinski definition) is 4. The Morgan fingerprint density at radius 1 is 1.33 bits per heavy atom. The second-order valence-electron chi connectivity index (χ2n) is 7.60. The molecule has 2 saturated heterocycles. The van der Waals surface area contributed by atoms with Gasteiger partial charge in [-0.05, 0) is 38.0 Å². The molecule has 2 fully saturated rings. The van der Waals surface area contributed by atoms with Crippen LogP contribution in [0, 0.1) is 5.41 Å². The van der Waals surface area contributed by atoms with Crippen LogP contribution in [-0.2, 0) is 14.6 Å². The molecule has 2 aliphatic rings. The molecule has 0 amide bonds. The fraction of sp³-hybridized carbons (Fsp3) is 0.938. The number of rotatable bonds is 7. The number of halogens is 1. The summed E-state index contributed by atoms with van der Waals surface area (Å²) >= 11 is 0. The van der Waals surface area contributed by atoms with E-state index in [2.05, 4.69) is 29.5 Å². The summed E-state index contributed by atoms with van der Waals surface area (Å²) in [4.78, 5) is 4.68.